The summed E-state index contributed by atoms with van der Waals surface area (Å²) in [6.07, 6.45) is -3.36. The molecule has 0 saturated carbocycles. The second kappa shape index (κ2) is 14.6. The maximum Gasteiger partial charge on any atom is 0.303 e. The van der Waals surface area contributed by atoms with Gasteiger partial charge in [-0.25, -0.2) is 4.98 Å². The molecule has 5 atom stereocenters. The molecule has 0 aliphatic carbocycles. The molecule has 1 aromatic heterocycles. The van der Waals surface area contributed by atoms with E-state index in [-0.39, 0.29) is 6.61 Å². The fourth-order valence-corrected chi connectivity index (χ4v) is 6.61. The van der Waals surface area contributed by atoms with Crippen LogP contribution in [0.5, 0.6) is 5.75 Å². The first-order chi connectivity index (χ1) is 22.1. The zero-order valence-electron chi connectivity index (χ0n) is 25.8. The first kappa shape index (κ1) is 32.8. The number of benzene rings is 3. The van der Waals surface area contributed by atoms with E-state index in [2.05, 4.69) is 5.32 Å². The summed E-state index contributed by atoms with van der Waals surface area (Å²) in [4.78, 5) is 53.3. The number of hydrogen-bond acceptors (Lipinski definition) is 11. The number of rotatable bonds is 11. The lowest BCUT2D eigenvalue weighted by atomic mass is 9.97. The molecule has 4 aromatic rings. The molecule has 0 radical (unpaired) electrons. The molecule has 1 aliphatic rings. The minimum atomic E-state index is -1.18. The maximum atomic E-state index is 12.4. The SMILES string of the molecule is CC(=O)N[C@H]1[C@@H](OC(C)=O)[C@H](OC(C)=O)[C@@H](COC(C)=O)O[C@H]1Sc1nc2ccccc2n1CCOc1ccc2ccccc2c1. The molecule has 1 amide bonds. The van der Waals surface area contributed by atoms with Crippen LogP contribution in [0.3, 0.4) is 0 Å². The third-order valence-corrected chi connectivity index (χ3v) is 8.38. The lowest BCUT2D eigenvalue weighted by Crippen LogP contribution is -2.65. The van der Waals surface area contributed by atoms with Crippen LogP contribution in [0.15, 0.2) is 71.9 Å². The molecule has 0 unspecified atom stereocenters. The van der Waals surface area contributed by atoms with E-state index < -0.39 is 53.6 Å². The molecule has 1 aliphatic heterocycles. The molecule has 13 heteroatoms. The number of carbonyl (C=O) groups excluding carboxylic acids is 4. The number of nitrogens with one attached hydrogen (secondary N) is 1. The van der Waals surface area contributed by atoms with Gasteiger partial charge in [0, 0.05) is 27.7 Å². The number of nitrogens with zero attached hydrogens (tertiary/aromatic N) is 2. The van der Waals surface area contributed by atoms with Gasteiger partial charge in [-0.3, -0.25) is 19.2 Å². The predicted molar refractivity (Wildman–Crippen MR) is 169 cm³/mol. The topological polar surface area (TPSA) is 144 Å². The second-order valence-corrected chi connectivity index (χ2v) is 11.8. The molecular formula is C33H35N3O9S. The van der Waals surface area contributed by atoms with E-state index >= 15 is 0 Å². The first-order valence-electron chi connectivity index (χ1n) is 14.7. The number of para-hydroxylation sites is 2. The van der Waals surface area contributed by atoms with Gasteiger partial charge in [-0.05, 0) is 35.0 Å². The van der Waals surface area contributed by atoms with Gasteiger partial charge in [0.25, 0.3) is 0 Å². The lowest BCUT2D eigenvalue weighted by molar-refractivity contribution is -0.211. The number of amides is 1. The molecule has 1 N–H and O–H groups in total. The van der Waals surface area contributed by atoms with Gasteiger partial charge in [0.15, 0.2) is 17.4 Å². The average molecular weight is 650 g/mol. The molecule has 46 heavy (non-hydrogen) atoms. The van der Waals surface area contributed by atoms with Crippen molar-refractivity contribution in [2.45, 2.75) is 69.2 Å². The van der Waals surface area contributed by atoms with Crippen molar-refractivity contribution in [3.63, 3.8) is 0 Å². The summed E-state index contributed by atoms with van der Waals surface area (Å²) in [5.41, 5.74) is 0.677. The van der Waals surface area contributed by atoms with E-state index in [9.17, 15) is 19.2 Å². The van der Waals surface area contributed by atoms with Crippen molar-refractivity contribution >= 4 is 57.4 Å². The van der Waals surface area contributed by atoms with Crippen molar-refractivity contribution in [1.82, 2.24) is 14.9 Å². The molecule has 1 fully saturated rings. The van der Waals surface area contributed by atoms with Crippen LogP contribution in [0.1, 0.15) is 27.7 Å². The number of fused-ring (bicyclic) bond motifs is 2. The molecule has 3 aromatic carbocycles. The zero-order valence-corrected chi connectivity index (χ0v) is 26.7. The Morgan fingerprint density at radius 1 is 0.870 bits per heavy atom. The van der Waals surface area contributed by atoms with E-state index in [1.165, 1.54) is 39.5 Å². The highest BCUT2D eigenvalue weighted by atomic mass is 32.2. The summed E-state index contributed by atoms with van der Waals surface area (Å²) in [6.45, 7) is 5.43. The molecular weight excluding hydrogens is 614 g/mol. The fraction of sp³-hybridized carbons (Fsp3) is 0.364. The number of esters is 3. The van der Waals surface area contributed by atoms with Gasteiger partial charge in [-0.1, -0.05) is 54.2 Å². The van der Waals surface area contributed by atoms with Crippen LogP contribution < -0.4 is 10.1 Å². The Morgan fingerprint density at radius 2 is 1.57 bits per heavy atom. The Kier molecular flexibility index (Phi) is 10.4. The quantitative estimate of drug-likeness (QED) is 0.186. The van der Waals surface area contributed by atoms with Crippen molar-refractivity contribution in [2.75, 3.05) is 13.2 Å². The number of hydrogen-bond donors (Lipinski definition) is 1. The van der Waals surface area contributed by atoms with Gasteiger partial charge in [0.1, 0.15) is 36.5 Å². The van der Waals surface area contributed by atoms with E-state index in [1.54, 1.807) is 0 Å². The molecule has 0 spiro atoms. The number of ether oxygens (including phenoxy) is 5. The van der Waals surface area contributed by atoms with Crippen molar-refractivity contribution in [3.8, 4) is 5.75 Å². The van der Waals surface area contributed by atoms with Crippen LogP contribution in [0.4, 0.5) is 0 Å². The highest BCUT2D eigenvalue weighted by molar-refractivity contribution is 7.99. The first-order valence-corrected chi connectivity index (χ1v) is 15.6. The van der Waals surface area contributed by atoms with E-state index in [4.69, 9.17) is 28.7 Å². The van der Waals surface area contributed by atoms with Crippen molar-refractivity contribution < 1.29 is 42.9 Å². The van der Waals surface area contributed by atoms with Crippen molar-refractivity contribution in [2.24, 2.45) is 0 Å². The number of thioether (sulfide) groups is 1. The maximum absolute atomic E-state index is 12.4. The zero-order chi connectivity index (χ0) is 32.8. The second-order valence-electron chi connectivity index (χ2n) is 10.7. The summed E-state index contributed by atoms with van der Waals surface area (Å²) in [6, 6.07) is 20.6. The Labute approximate surface area is 269 Å². The van der Waals surface area contributed by atoms with Gasteiger partial charge >= 0.3 is 17.9 Å². The van der Waals surface area contributed by atoms with Gasteiger partial charge < -0.3 is 33.6 Å². The van der Waals surface area contributed by atoms with Gasteiger partial charge in [0.05, 0.1) is 17.6 Å². The normalized spacial score (nSPS) is 21.0. The minimum absolute atomic E-state index is 0.287. The molecule has 5 rings (SSSR count). The summed E-state index contributed by atoms with van der Waals surface area (Å²) >= 11 is 1.19. The smallest absolute Gasteiger partial charge is 0.303 e. The van der Waals surface area contributed by atoms with E-state index in [0.717, 1.165) is 27.6 Å². The highest BCUT2D eigenvalue weighted by Gasteiger charge is 2.51. The highest BCUT2D eigenvalue weighted by Crippen LogP contribution is 2.37. The summed E-state index contributed by atoms with van der Waals surface area (Å²) in [7, 11) is 0. The van der Waals surface area contributed by atoms with E-state index in [0.29, 0.717) is 18.3 Å². The van der Waals surface area contributed by atoms with Gasteiger partial charge in [-0.15, -0.1) is 0 Å². The van der Waals surface area contributed by atoms with E-state index in [1.807, 2.05) is 71.3 Å². The monoisotopic (exact) mass is 649 g/mol. The van der Waals surface area contributed by atoms with Crippen LogP contribution in [-0.2, 0) is 44.7 Å². The van der Waals surface area contributed by atoms with Crippen LogP contribution >= 0.6 is 11.8 Å². The Morgan fingerprint density at radius 3 is 2.28 bits per heavy atom. The number of aromatic nitrogens is 2. The van der Waals surface area contributed by atoms with Gasteiger partial charge in [0.2, 0.25) is 5.91 Å². The third-order valence-electron chi connectivity index (χ3n) is 7.22. The Bertz CT molecular complexity index is 1740. The molecule has 12 nitrogen and oxygen atoms in total. The Balaban J connectivity index is 1.45. The van der Waals surface area contributed by atoms with Crippen molar-refractivity contribution in [1.29, 1.82) is 0 Å². The average Bonchev–Trinajstić information content (AvgIpc) is 3.35. The van der Waals surface area contributed by atoms with Crippen LogP contribution in [-0.4, -0.2) is 76.4 Å². The largest absolute Gasteiger partial charge is 0.492 e. The Hall–Kier alpha value is -4.62. The van der Waals surface area contributed by atoms with Crippen LogP contribution in [0.25, 0.3) is 21.8 Å². The van der Waals surface area contributed by atoms with Crippen LogP contribution in [0, 0.1) is 0 Å². The summed E-state index contributed by atoms with van der Waals surface area (Å²) in [5, 5.41) is 5.54. The lowest BCUT2D eigenvalue weighted by Gasteiger charge is -2.44. The summed E-state index contributed by atoms with van der Waals surface area (Å²) < 4.78 is 30.9. The molecule has 242 valence electrons. The third kappa shape index (κ3) is 7.96. The molecule has 0 bridgehead atoms. The predicted octanol–water partition coefficient (Wildman–Crippen LogP) is 4.02. The van der Waals surface area contributed by atoms with Crippen LogP contribution in [0.2, 0.25) is 0 Å². The standard InChI is InChI=1S/C33H35N3O9S/c1-19(37)34-29-31(44-22(4)40)30(43-21(3)39)28(18-42-20(2)38)45-32(29)46-33-35-26-11-7-8-12-27(26)36(33)15-16-41-25-14-13-23-9-5-6-10-24(23)17-25/h5-14,17,28-32H,15-16,18H2,1-4H3,(H,34,37)/t28-,29+,30-,31-,32+/m1/s1. The van der Waals surface area contributed by atoms with Gasteiger partial charge in [-0.2, -0.15) is 0 Å². The minimum Gasteiger partial charge on any atom is -0.492 e. The number of imidazole rings is 1. The van der Waals surface area contributed by atoms with Crippen molar-refractivity contribution in [3.05, 3.63) is 66.7 Å². The summed E-state index contributed by atoms with van der Waals surface area (Å²) in [5.74, 6) is -1.59. The molecule has 1 saturated heterocycles. The molecule has 2 heterocycles. The fourth-order valence-electron chi connectivity index (χ4n) is 5.37. The number of carbonyl (C=O) groups is 4.